The van der Waals surface area contributed by atoms with Crippen LogP contribution in [0.25, 0.3) is 0 Å². The zero-order valence-corrected chi connectivity index (χ0v) is 12.4. The third-order valence-corrected chi connectivity index (χ3v) is 5.16. The monoisotopic (exact) mass is 270 g/mol. The summed E-state index contributed by atoms with van der Waals surface area (Å²) in [5, 5.41) is 6.21. The van der Waals surface area contributed by atoms with Crippen LogP contribution in [0.5, 0.6) is 0 Å². The quantitative estimate of drug-likeness (QED) is 0.698. The Hall–Kier alpha value is -0.480. The Labute approximate surface area is 115 Å². The Morgan fingerprint density at radius 2 is 2.11 bits per heavy atom. The molecule has 1 fully saturated rings. The maximum Gasteiger partial charge on any atom is 0.237 e. The normalized spacial score (nSPS) is 20.1. The Morgan fingerprint density at radius 3 is 2.67 bits per heavy atom. The van der Waals surface area contributed by atoms with Gasteiger partial charge in [-0.05, 0) is 26.0 Å². The molecule has 0 aliphatic heterocycles. The predicted molar refractivity (Wildman–Crippen MR) is 80.0 cm³/mol. The molecule has 1 aliphatic carbocycles. The number of hydrogen-bond donors (Lipinski definition) is 2. The van der Waals surface area contributed by atoms with Crippen molar-refractivity contribution >= 4 is 17.7 Å². The molecule has 0 aromatic rings. The minimum Gasteiger partial charge on any atom is -0.351 e. The van der Waals surface area contributed by atoms with Gasteiger partial charge in [-0.2, -0.15) is 11.8 Å². The van der Waals surface area contributed by atoms with Crippen LogP contribution in [-0.4, -0.2) is 36.0 Å². The number of rotatable bonds is 7. The van der Waals surface area contributed by atoms with Gasteiger partial charge in [0.25, 0.3) is 0 Å². The zero-order valence-electron chi connectivity index (χ0n) is 11.6. The number of carbonyl (C=O) groups is 1. The van der Waals surface area contributed by atoms with Gasteiger partial charge in [-0.15, -0.1) is 6.58 Å². The van der Waals surface area contributed by atoms with Crippen LogP contribution >= 0.6 is 11.8 Å². The number of nitrogens with one attached hydrogen (secondary N) is 2. The predicted octanol–water partition coefficient (Wildman–Crippen LogP) is 2.33. The number of thioether (sulfide) groups is 1. The maximum absolute atomic E-state index is 11.7. The molecule has 104 valence electrons. The van der Waals surface area contributed by atoms with Gasteiger partial charge in [-0.3, -0.25) is 4.79 Å². The summed E-state index contributed by atoms with van der Waals surface area (Å²) in [4.78, 5) is 11.7. The summed E-state index contributed by atoms with van der Waals surface area (Å²) in [5.41, 5.74) is 0. The van der Waals surface area contributed by atoms with E-state index in [1.54, 1.807) is 6.08 Å². The van der Waals surface area contributed by atoms with Gasteiger partial charge < -0.3 is 10.6 Å². The lowest BCUT2D eigenvalue weighted by atomic mass is 9.88. The molecule has 3 nitrogen and oxygen atoms in total. The molecular formula is C14H26N2OS. The van der Waals surface area contributed by atoms with Crippen molar-refractivity contribution in [3.05, 3.63) is 12.7 Å². The molecule has 1 aliphatic rings. The fourth-order valence-electron chi connectivity index (χ4n) is 2.41. The second kappa shape index (κ2) is 7.85. The highest BCUT2D eigenvalue weighted by atomic mass is 32.2. The summed E-state index contributed by atoms with van der Waals surface area (Å²) in [6.07, 6.45) is 10.4. The van der Waals surface area contributed by atoms with Crippen molar-refractivity contribution in [3.8, 4) is 0 Å². The van der Waals surface area contributed by atoms with Crippen molar-refractivity contribution in [2.75, 3.05) is 19.3 Å². The molecule has 1 unspecified atom stereocenters. The van der Waals surface area contributed by atoms with Crippen molar-refractivity contribution in [1.29, 1.82) is 0 Å². The molecule has 1 atom stereocenters. The molecule has 0 aromatic heterocycles. The lowest BCUT2D eigenvalue weighted by Gasteiger charge is -2.36. The average molecular weight is 270 g/mol. The summed E-state index contributed by atoms with van der Waals surface area (Å²) in [6.45, 7) is 6.99. The van der Waals surface area contributed by atoms with Gasteiger partial charge in [0, 0.05) is 17.8 Å². The first kappa shape index (κ1) is 15.6. The number of amides is 1. The van der Waals surface area contributed by atoms with E-state index in [-0.39, 0.29) is 11.9 Å². The van der Waals surface area contributed by atoms with Gasteiger partial charge in [-0.25, -0.2) is 0 Å². The van der Waals surface area contributed by atoms with Crippen LogP contribution < -0.4 is 10.6 Å². The van der Waals surface area contributed by atoms with Crippen molar-refractivity contribution in [2.24, 2.45) is 0 Å². The summed E-state index contributed by atoms with van der Waals surface area (Å²) >= 11 is 1.95. The van der Waals surface area contributed by atoms with Crippen LogP contribution in [0, 0.1) is 0 Å². The van der Waals surface area contributed by atoms with Crippen LogP contribution in [0.1, 0.15) is 39.0 Å². The highest BCUT2D eigenvalue weighted by Crippen LogP contribution is 2.37. The van der Waals surface area contributed by atoms with Crippen LogP contribution in [0.3, 0.4) is 0 Å². The molecule has 1 amide bonds. The van der Waals surface area contributed by atoms with E-state index in [0.29, 0.717) is 11.3 Å². The third-order valence-electron chi connectivity index (χ3n) is 3.74. The number of hydrogen-bond acceptors (Lipinski definition) is 3. The molecule has 0 radical (unpaired) electrons. The molecule has 0 aromatic carbocycles. The van der Waals surface area contributed by atoms with Crippen LogP contribution in [0.15, 0.2) is 12.7 Å². The third kappa shape index (κ3) is 4.65. The second-order valence-corrected chi connectivity index (χ2v) is 6.36. The van der Waals surface area contributed by atoms with E-state index in [0.717, 1.165) is 6.54 Å². The summed E-state index contributed by atoms with van der Waals surface area (Å²) in [6, 6.07) is -0.129. The minimum absolute atomic E-state index is 0.0574. The van der Waals surface area contributed by atoms with E-state index in [1.807, 2.05) is 18.7 Å². The van der Waals surface area contributed by atoms with E-state index >= 15 is 0 Å². The molecular weight excluding hydrogens is 244 g/mol. The first-order valence-corrected chi connectivity index (χ1v) is 8.03. The topological polar surface area (TPSA) is 41.1 Å². The molecule has 4 heteroatoms. The summed E-state index contributed by atoms with van der Waals surface area (Å²) in [5.74, 6) is 0.0574. The average Bonchev–Trinajstić information content (AvgIpc) is 2.43. The Bertz CT molecular complexity index is 275. The molecule has 1 saturated carbocycles. The van der Waals surface area contributed by atoms with Gasteiger partial charge in [0.05, 0.1) is 6.04 Å². The van der Waals surface area contributed by atoms with Crippen LogP contribution in [0.2, 0.25) is 0 Å². The Balaban J connectivity index is 2.37. The molecule has 0 saturated heterocycles. The molecule has 1 rings (SSSR count). The van der Waals surface area contributed by atoms with Crippen molar-refractivity contribution in [2.45, 2.75) is 49.8 Å². The van der Waals surface area contributed by atoms with E-state index < -0.39 is 0 Å². The fraction of sp³-hybridized carbons (Fsp3) is 0.786. The fourth-order valence-corrected chi connectivity index (χ4v) is 3.33. The first-order valence-electron chi connectivity index (χ1n) is 6.81. The highest BCUT2D eigenvalue weighted by molar-refractivity contribution is 8.00. The largest absolute Gasteiger partial charge is 0.351 e. The van der Waals surface area contributed by atoms with Gasteiger partial charge in [0.2, 0.25) is 5.91 Å². The Morgan fingerprint density at radius 1 is 1.44 bits per heavy atom. The Kier molecular flexibility index (Phi) is 6.79. The van der Waals surface area contributed by atoms with Crippen molar-refractivity contribution in [1.82, 2.24) is 10.6 Å². The number of carbonyl (C=O) groups excluding carboxylic acids is 1. The molecule has 18 heavy (non-hydrogen) atoms. The molecule has 2 N–H and O–H groups in total. The molecule has 0 bridgehead atoms. The lowest BCUT2D eigenvalue weighted by Crippen LogP contribution is -2.48. The summed E-state index contributed by atoms with van der Waals surface area (Å²) in [7, 11) is 0. The second-order valence-electron chi connectivity index (χ2n) is 5.08. The summed E-state index contributed by atoms with van der Waals surface area (Å²) < 4.78 is 0.339. The first-order chi connectivity index (χ1) is 8.63. The van der Waals surface area contributed by atoms with E-state index in [9.17, 15) is 4.79 Å². The van der Waals surface area contributed by atoms with Gasteiger partial charge in [0.15, 0.2) is 0 Å². The van der Waals surface area contributed by atoms with Crippen LogP contribution in [0.4, 0.5) is 0 Å². The highest BCUT2D eigenvalue weighted by Gasteiger charge is 2.31. The van der Waals surface area contributed by atoms with E-state index in [4.69, 9.17) is 0 Å². The maximum atomic E-state index is 11.7. The van der Waals surface area contributed by atoms with Crippen molar-refractivity contribution in [3.63, 3.8) is 0 Å². The van der Waals surface area contributed by atoms with Crippen molar-refractivity contribution < 1.29 is 4.79 Å². The SMILES string of the molecule is C=CCNC(=O)C(C)NCC1(SC)CCCCC1. The van der Waals surface area contributed by atoms with Gasteiger partial charge in [-0.1, -0.05) is 25.3 Å². The smallest absolute Gasteiger partial charge is 0.237 e. The molecule has 0 spiro atoms. The van der Waals surface area contributed by atoms with E-state index in [1.165, 1.54) is 32.1 Å². The standard InChI is InChI=1S/C14H26N2OS/c1-4-10-15-13(17)12(2)16-11-14(18-3)8-6-5-7-9-14/h4,12,16H,1,5-11H2,2-3H3,(H,15,17). The van der Waals surface area contributed by atoms with Gasteiger partial charge >= 0.3 is 0 Å². The lowest BCUT2D eigenvalue weighted by molar-refractivity contribution is -0.122. The van der Waals surface area contributed by atoms with Gasteiger partial charge in [0.1, 0.15) is 0 Å². The minimum atomic E-state index is -0.129. The van der Waals surface area contributed by atoms with Crippen LogP contribution in [-0.2, 0) is 4.79 Å². The molecule has 0 heterocycles. The van der Waals surface area contributed by atoms with E-state index in [2.05, 4.69) is 23.5 Å². The zero-order chi connectivity index (χ0) is 13.4.